The van der Waals surface area contributed by atoms with Gasteiger partial charge in [0.15, 0.2) is 0 Å². The van der Waals surface area contributed by atoms with E-state index in [1.807, 2.05) is 29.8 Å². The van der Waals surface area contributed by atoms with Crippen molar-refractivity contribution in [1.82, 2.24) is 14.3 Å². The van der Waals surface area contributed by atoms with Gasteiger partial charge in [-0.3, -0.25) is 10.1 Å². The second kappa shape index (κ2) is 6.29. The number of rotatable bonds is 5. The van der Waals surface area contributed by atoms with Crippen molar-refractivity contribution < 1.29 is 4.92 Å². The molecule has 4 aromatic rings. The van der Waals surface area contributed by atoms with Gasteiger partial charge in [0, 0.05) is 29.4 Å². The van der Waals surface area contributed by atoms with Crippen LogP contribution in [0.4, 0.5) is 5.69 Å². The zero-order valence-corrected chi connectivity index (χ0v) is 14.8. The Morgan fingerprint density at radius 2 is 1.96 bits per heavy atom. The summed E-state index contributed by atoms with van der Waals surface area (Å²) >= 11 is 0. The molecule has 0 fully saturated rings. The highest BCUT2D eigenvalue weighted by Gasteiger charge is 2.20. The molecule has 4 rings (SSSR count). The van der Waals surface area contributed by atoms with Crippen LogP contribution in [0.25, 0.3) is 27.6 Å². The Morgan fingerprint density at radius 3 is 2.73 bits per heavy atom. The van der Waals surface area contributed by atoms with Crippen LogP contribution >= 0.6 is 0 Å². The summed E-state index contributed by atoms with van der Waals surface area (Å²) in [4.78, 5) is 10.8. The van der Waals surface area contributed by atoms with Crippen molar-refractivity contribution in [3.63, 3.8) is 0 Å². The Morgan fingerprint density at radius 1 is 1.15 bits per heavy atom. The lowest BCUT2D eigenvalue weighted by Gasteiger charge is -2.09. The van der Waals surface area contributed by atoms with E-state index in [0.29, 0.717) is 5.69 Å². The van der Waals surface area contributed by atoms with Gasteiger partial charge >= 0.3 is 0 Å². The molecule has 0 spiro atoms. The highest BCUT2D eigenvalue weighted by Crippen LogP contribution is 2.33. The summed E-state index contributed by atoms with van der Waals surface area (Å²) in [6, 6.07) is 15.0. The Labute approximate surface area is 150 Å². The minimum atomic E-state index is -0.371. The van der Waals surface area contributed by atoms with Crippen LogP contribution in [0.3, 0.4) is 0 Å². The normalized spacial score (nSPS) is 11.5. The maximum absolute atomic E-state index is 11.2. The molecule has 0 saturated heterocycles. The lowest BCUT2D eigenvalue weighted by Crippen LogP contribution is -2.05. The molecule has 0 N–H and O–H groups in total. The van der Waals surface area contributed by atoms with E-state index in [2.05, 4.69) is 23.6 Å². The van der Waals surface area contributed by atoms with Gasteiger partial charge in [0.2, 0.25) is 0 Å². The summed E-state index contributed by atoms with van der Waals surface area (Å²) in [7, 11) is 0. The Hall–Kier alpha value is -3.15. The number of para-hydroxylation sites is 1. The van der Waals surface area contributed by atoms with Gasteiger partial charge in [0.25, 0.3) is 5.69 Å². The summed E-state index contributed by atoms with van der Waals surface area (Å²) in [5, 5.41) is 18.2. The van der Waals surface area contributed by atoms with Crippen molar-refractivity contribution in [2.45, 2.75) is 33.2 Å². The van der Waals surface area contributed by atoms with Gasteiger partial charge in [-0.05, 0) is 25.5 Å². The van der Waals surface area contributed by atoms with Gasteiger partial charge in [-0.1, -0.05) is 37.6 Å². The average Bonchev–Trinajstić information content (AvgIpc) is 3.16. The molecule has 132 valence electrons. The van der Waals surface area contributed by atoms with E-state index in [4.69, 9.17) is 5.10 Å². The van der Waals surface area contributed by atoms with Crippen molar-refractivity contribution in [3.05, 3.63) is 64.3 Å². The number of unbranched alkanes of at least 4 members (excludes halogenated alkanes) is 1. The predicted octanol–water partition coefficient (Wildman–Crippen LogP) is 5.00. The molecule has 0 atom stereocenters. The van der Waals surface area contributed by atoms with Crippen LogP contribution in [0, 0.1) is 17.0 Å². The van der Waals surface area contributed by atoms with E-state index in [1.54, 1.807) is 12.1 Å². The van der Waals surface area contributed by atoms with E-state index in [-0.39, 0.29) is 10.6 Å². The topological polar surface area (TPSA) is 65.9 Å². The summed E-state index contributed by atoms with van der Waals surface area (Å²) in [6.07, 6.45) is 2.16. The number of hydrogen-bond acceptors (Lipinski definition) is 3. The number of aryl methyl sites for hydroxylation is 2. The Kier molecular flexibility index (Phi) is 3.95. The lowest BCUT2D eigenvalue weighted by molar-refractivity contribution is -0.384. The van der Waals surface area contributed by atoms with Crippen LogP contribution in [-0.4, -0.2) is 19.3 Å². The minimum Gasteiger partial charge on any atom is -0.325 e. The third-order valence-corrected chi connectivity index (χ3v) is 4.78. The van der Waals surface area contributed by atoms with Gasteiger partial charge < -0.3 is 4.57 Å². The van der Waals surface area contributed by atoms with Crippen molar-refractivity contribution in [3.8, 4) is 5.69 Å². The molecule has 2 aromatic heterocycles. The summed E-state index contributed by atoms with van der Waals surface area (Å²) in [5.74, 6) is 0. The molecule has 0 radical (unpaired) electrons. The van der Waals surface area contributed by atoms with Crippen LogP contribution in [0.15, 0.2) is 48.5 Å². The molecule has 0 aliphatic heterocycles. The first kappa shape index (κ1) is 16.3. The SMILES string of the molecule is CCCCn1c2ccccc2c2c(C)nn(-c3cccc([N+](=O)[O-])c3)c21. The zero-order valence-electron chi connectivity index (χ0n) is 14.8. The maximum atomic E-state index is 11.2. The number of fused-ring (bicyclic) bond motifs is 3. The summed E-state index contributed by atoms with van der Waals surface area (Å²) < 4.78 is 4.13. The van der Waals surface area contributed by atoms with Gasteiger partial charge in [-0.15, -0.1) is 0 Å². The standard InChI is InChI=1S/C20H20N4O2/c1-3-4-12-22-18-11-6-5-10-17(18)19-14(2)21-23(20(19)22)15-8-7-9-16(13-15)24(25)26/h5-11,13H,3-4,12H2,1-2H3. The predicted molar refractivity (Wildman–Crippen MR) is 103 cm³/mol. The Balaban J connectivity index is 2.05. The first-order valence-corrected chi connectivity index (χ1v) is 8.83. The van der Waals surface area contributed by atoms with Crippen molar-refractivity contribution in [1.29, 1.82) is 0 Å². The fourth-order valence-corrected chi connectivity index (χ4v) is 3.58. The molecule has 0 aliphatic carbocycles. The molecule has 0 amide bonds. The molecule has 0 bridgehead atoms. The fourth-order valence-electron chi connectivity index (χ4n) is 3.58. The average molecular weight is 348 g/mol. The third kappa shape index (κ3) is 2.45. The van der Waals surface area contributed by atoms with Gasteiger partial charge in [-0.25, -0.2) is 4.68 Å². The molecular formula is C20H20N4O2. The number of benzene rings is 2. The molecule has 6 heteroatoms. The first-order valence-electron chi connectivity index (χ1n) is 8.83. The molecular weight excluding hydrogens is 328 g/mol. The molecule has 2 aromatic carbocycles. The van der Waals surface area contributed by atoms with Crippen molar-refractivity contribution >= 4 is 27.6 Å². The van der Waals surface area contributed by atoms with Gasteiger partial charge in [0.1, 0.15) is 5.65 Å². The van der Waals surface area contributed by atoms with Crippen LogP contribution in [0.2, 0.25) is 0 Å². The number of nitro groups is 1. The van der Waals surface area contributed by atoms with Crippen LogP contribution in [0.5, 0.6) is 0 Å². The van der Waals surface area contributed by atoms with Crippen LogP contribution < -0.4 is 0 Å². The van der Waals surface area contributed by atoms with Crippen LogP contribution in [-0.2, 0) is 6.54 Å². The van der Waals surface area contributed by atoms with E-state index in [0.717, 1.165) is 36.1 Å². The molecule has 2 heterocycles. The Bertz CT molecular complexity index is 1120. The number of non-ortho nitro benzene ring substituents is 1. The van der Waals surface area contributed by atoms with Crippen molar-refractivity contribution in [2.24, 2.45) is 0 Å². The number of nitro benzene ring substituents is 1. The second-order valence-electron chi connectivity index (χ2n) is 6.50. The van der Waals surface area contributed by atoms with E-state index in [9.17, 15) is 10.1 Å². The van der Waals surface area contributed by atoms with Crippen LogP contribution in [0.1, 0.15) is 25.5 Å². The fraction of sp³-hybridized carbons (Fsp3) is 0.250. The molecule has 6 nitrogen and oxygen atoms in total. The lowest BCUT2D eigenvalue weighted by atomic mass is 10.2. The highest BCUT2D eigenvalue weighted by atomic mass is 16.6. The van der Waals surface area contributed by atoms with E-state index in [1.165, 1.54) is 17.0 Å². The van der Waals surface area contributed by atoms with E-state index < -0.39 is 0 Å². The van der Waals surface area contributed by atoms with Crippen molar-refractivity contribution in [2.75, 3.05) is 0 Å². The first-order chi connectivity index (χ1) is 12.6. The molecule has 0 saturated carbocycles. The second-order valence-corrected chi connectivity index (χ2v) is 6.50. The maximum Gasteiger partial charge on any atom is 0.271 e. The quantitative estimate of drug-likeness (QED) is 0.377. The third-order valence-electron chi connectivity index (χ3n) is 4.78. The van der Waals surface area contributed by atoms with Gasteiger partial charge in [-0.2, -0.15) is 5.10 Å². The van der Waals surface area contributed by atoms with E-state index >= 15 is 0 Å². The minimum absolute atomic E-state index is 0.0695. The molecule has 0 aliphatic rings. The zero-order chi connectivity index (χ0) is 18.3. The summed E-state index contributed by atoms with van der Waals surface area (Å²) in [5.41, 5.74) is 3.88. The molecule has 0 unspecified atom stereocenters. The highest BCUT2D eigenvalue weighted by molar-refractivity contribution is 6.08. The number of nitrogens with zero attached hydrogens (tertiary/aromatic N) is 4. The number of aromatic nitrogens is 3. The number of hydrogen-bond donors (Lipinski definition) is 0. The largest absolute Gasteiger partial charge is 0.325 e. The monoisotopic (exact) mass is 348 g/mol. The van der Waals surface area contributed by atoms with Gasteiger partial charge in [0.05, 0.1) is 21.8 Å². The summed E-state index contributed by atoms with van der Waals surface area (Å²) in [6.45, 7) is 5.05. The molecule has 26 heavy (non-hydrogen) atoms. The smallest absolute Gasteiger partial charge is 0.271 e.